The van der Waals surface area contributed by atoms with Gasteiger partial charge in [0.15, 0.2) is 0 Å². The van der Waals surface area contributed by atoms with Gasteiger partial charge in [-0.05, 0) is 18.1 Å². The molecule has 0 aliphatic rings. The Kier molecular flexibility index (Phi) is 7.28. The molecular weight excluding hydrogens is 196 g/mol. The van der Waals surface area contributed by atoms with Gasteiger partial charge in [0.25, 0.3) is 0 Å². The zero-order valence-corrected chi connectivity index (χ0v) is 9.16. The van der Waals surface area contributed by atoms with Crippen LogP contribution in [0.15, 0.2) is 36.9 Å². The lowest BCUT2D eigenvalue weighted by Crippen LogP contribution is -1.79. The predicted octanol–water partition coefficient (Wildman–Crippen LogP) is 1.29. The van der Waals surface area contributed by atoms with Crippen LogP contribution < -0.4 is 0 Å². The number of allylic oxidation sites excluding steroid dienone is 1. The van der Waals surface area contributed by atoms with Crippen LogP contribution in [0.25, 0.3) is 0 Å². The largest absolute Gasteiger partial charge is 0.508 e. The monoisotopic (exact) mass is 206 g/mol. The van der Waals surface area contributed by atoms with Crippen molar-refractivity contribution in [3.05, 3.63) is 42.5 Å². The summed E-state index contributed by atoms with van der Waals surface area (Å²) in [5, 5.41) is 9.19. The fourth-order valence-electron chi connectivity index (χ4n) is 0.839. The van der Waals surface area contributed by atoms with Crippen molar-refractivity contribution < 1.29 is 9.22 Å². The second-order valence-electron chi connectivity index (χ2n) is 2.22. The van der Waals surface area contributed by atoms with E-state index in [1.807, 2.05) is 18.2 Å². The van der Waals surface area contributed by atoms with Gasteiger partial charge in [-0.15, -0.1) is 6.58 Å². The summed E-state index contributed by atoms with van der Waals surface area (Å²) in [6, 6.07) is 7.27. The Morgan fingerprint density at radius 1 is 1.38 bits per heavy atom. The number of hydrogen-bond donors (Lipinski definition) is 1. The van der Waals surface area contributed by atoms with Gasteiger partial charge in [-0.1, -0.05) is 24.3 Å². The van der Waals surface area contributed by atoms with Crippen molar-refractivity contribution in [3.63, 3.8) is 0 Å². The van der Waals surface area contributed by atoms with Crippen LogP contribution in [-0.2, 0) is 10.5 Å². The second kappa shape index (κ2) is 7.78. The summed E-state index contributed by atoms with van der Waals surface area (Å²) < 4.78 is 3.86. The molecule has 0 aliphatic heterocycles. The summed E-state index contributed by atoms with van der Waals surface area (Å²) >= 11 is 0. The lowest BCUT2D eigenvalue weighted by molar-refractivity contribution is 0.470. The van der Waals surface area contributed by atoms with Gasteiger partial charge in [0, 0.05) is 0 Å². The molecule has 6 radical (unpaired) electrons. The van der Waals surface area contributed by atoms with Gasteiger partial charge in [0.2, 0.25) is 21.0 Å². The molecule has 0 heterocycles. The van der Waals surface area contributed by atoms with E-state index in [1.54, 1.807) is 12.1 Å². The molecule has 4 heteroatoms. The number of para-hydroxylation sites is 1. The van der Waals surface area contributed by atoms with E-state index >= 15 is 0 Å². The first-order valence-corrected chi connectivity index (χ1v) is 4.45. The molecule has 1 aromatic carbocycles. The minimum atomic E-state index is 0.349. The van der Waals surface area contributed by atoms with Gasteiger partial charge in [-0.2, -0.15) is 0 Å². The third-order valence-corrected chi connectivity index (χ3v) is 1.36. The maximum absolute atomic E-state index is 9.19. The van der Waals surface area contributed by atoms with Crippen molar-refractivity contribution in [2.24, 2.45) is 0 Å². The van der Waals surface area contributed by atoms with E-state index < -0.39 is 0 Å². The summed E-state index contributed by atoms with van der Waals surface area (Å²) in [5.41, 5.74) is 0.928. The van der Waals surface area contributed by atoms with E-state index in [0.29, 0.717) is 5.75 Å². The first-order chi connectivity index (χ1) is 6.26. The molecule has 0 atom stereocenters. The molecule has 1 aromatic rings. The average Bonchev–Trinajstić information content (AvgIpc) is 2.11. The normalized spacial score (nSPS) is 8.46. The molecule has 0 bridgehead atoms. The van der Waals surface area contributed by atoms with Crippen molar-refractivity contribution in [1.29, 1.82) is 0 Å². The maximum atomic E-state index is 9.19. The van der Waals surface area contributed by atoms with Gasteiger partial charge in [0.1, 0.15) is 5.75 Å². The van der Waals surface area contributed by atoms with Crippen molar-refractivity contribution in [3.8, 4) is 5.75 Å². The number of phenolic OH excluding ortho intramolecular Hbond substituents is 1. The first kappa shape index (κ1) is 12.2. The quantitative estimate of drug-likeness (QED) is 0.584. The van der Waals surface area contributed by atoms with Crippen molar-refractivity contribution >= 4 is 21.0 Å². The summed E-state index contributed by atoms with van der Waals surface area (Å²) in [6.07, 6.45) is 2.50. The second-order valence-corrected chi connectivity index (χ2v) is 3.04. The number of rotatable bonds is 2. The molecule has 66 valence electrons. The standard InChI is InChI=1S/C9H10O.OSi2/c1-2-5-8-6-3-4-7-9(8)10;2-1-3/h2-4,6-7,10H,1,5H2;. The Balaban J connectivity index is 0.000000424. The molecule has 0 aromatic heterocycles. The van der Waals surface area contributed by atoms with Gasteiger partial charge in [-0.3, -0.25) is 0 Å². The zero-order valence-electron chi connectivity index (χ0n) is 7.16. The molecule has 1 N–H and O–H groups in total. The van der Waals surface area contributed by atoms with Crippen LogP contribution >= 0.6 is 0 Å². The molecule has 0 aliphatic carbocycles. The van der Waals surface area contributed by atoms with Gasteiger partial charge < -0.3 is 9.22 Å². The van der Waals surface area contributed by atoms with E-state index in [1.165, 1.54) is 0 Å². The van der Waals surface area contributed by atoms with E-state index in [9.17, 15) is 5.11 Å². The molecule has 0 unspecified atom stereocenters. The van der Waals surface area contributed by atoms with Crippen LogP contribution in [0.1, 0.15) is 5.56 Å². The highest BCUT2D eigenvalue weighted by atomic mass is 28.3. The molecule has 1 rings (SSSR count). The number of aromatic hydroxyl groups is 1. The third kappa shape index (κ3) is 5.40. The molecule has 0 fully saturated rings. The fraction of sp³-hybridized carbons (Fsp3) is 0.111. The van der Waals surface area contributed by atoms with Crippen molar-refractivity contribution in [1.82, 2.24) is 0 Å². The fourth-order valence-corrected chi connectivity index (χ4v) is 0.839. The van der Waals surface area contributed by atoms with Crippen LogP contribution in [-0.4, -0.2) is 26.1 Å². The SMILES string of the molecule is C=CCc1ccccc1O.[Si]O[Si]. The lowest BCUT2D eigenvalue weighted by Gasteiger charge is -1.97. The highest BCUT2D eigenvalue weighted by Crippen LogP contribution is 2.15. The Labute approximate surface area is 85.3 Å². The molecular formula is C9H10O2Si2. The minimum Gasteiger partial charge on any atom is -0.508 e. The Hall–Kier alpha value is -0.846. The van der Waals surface area contributed by atoms with Gasteiger partial charge in [0.05, 0.1) is 0 Å². The Morgan fingerprint density at radius 2 is 1.92 bits per heavy atom. The number of hydrogen-bond acceptors (Lipinski definition) is 2. The molecule has 13 heavy (non-hydrogen) atoms. The zero-order chi connectivity index (χ0) is 10.1. The molecule has 0 amide bonds. The smallest absolute Gasteiger partial charge is 0.229 e. The highest BCUT2D eigenvalue weighted by molar-refractivity contribution is 6.15. The summed E-state index contributed by atoms with van der Waals surface area (Å²) in [6.45, 7) is 3.59. The highest BCUT2D eigenvalue weighted by Gasteiger charge is 1.93. The average molecular weight is 206 g/mol. The summed E-state index contributed by atoms with van der Waals surface area (Å²) in [4.78, 5) is 0. The lowest BCUT2D eigenvalue weighted by atomic mass is 10.1. The van der Waals surface area contributed by atoms with Crippen LogP contribution in [0.2, 0.25) is 0 Å². The maximum Gasteiger partial charge on any atom is 0.229 e. The Bertz CT molecular complexity index is 251. The molecule has 2 nitrogen and oxygen atoms in total. The first-order valence-electron chi connectivity index (χ1n) is 3.63. The topological polar surface area (TPSA) is 29.5 Å². The Morgan fingerprint density at radius 3 is 2.38 bits per heavy atom. The van der Waals surface area contributed by atoms with Crippen LogP contribution in [0.4, 0.5) is 0 Å². The van der Waals surface area contributed by atoms with E-state index in [2.05, 4.69) is 31.7 Å². The minimum absolute atomic E-state index is 0.349. The van der Waals surface area contributed by atoms with E-state index in [4.69, 9.17) is 0 Å². The van der Waals surface area contributed by atoms with Gasteiger partial charge in [-0.25, -0.2) is 0 Å². The number of phenols is 1. The van der Waals surface area contributed by atoms with E-state index in [0.717, 1.165) is 12.0 Å². The summed E-state index contributed by atoms with van der Waals surface area (Å²) in [7, 11) is 5.19. The summed E-state index contributed by atoms with van der Waals surface area (Å²) in [5.74, 6) is 0.349. The molecule has 0 saturated carbocycles. The van der Waals surface area contributed by atoms with Crippen LogP contribution in [0.5, 0.6) is 5.75 Å². The molecule has 0 spiro atoms. The molecule has 0 saturated heterocycles. The van der Waals surface area contributed by atoms with Crippen molar-refractivity contribution in [2.45, 2.75) is 6.42 Å². The van der Waals surface area contributed by atoms with Gasteiger partial charge >= 0.3 is 0 Å². The van der Waals surface area contributed by atoms with Crippen LogP contribution in [0.3, 0.4) is 0 Å². The van der Waals surface area contributed by atoms with Crippen LogP contribution in [0, 0.1) is 0 Å². The van der Waals surface area contributed by atoms with Crippen molar-refractivity contribution in [2.75, 3.05) is 0 Å². The van der Waals surface area contributed by atoms with E-state index in [-0.39, 0.29) is 0 Å². The third-order valence-electron chi connectivity index (χ3n) is 1.36. The predicted molar refractivity (Wildman–Crippen MR) is 54.6 cm³/mol. The number of benzene rings is 1.